The third-order valence-electron chi connectivity index (χ3n) is 5.26. The predicted octanol–water partition coefficient (Wildman–Crippen LogP) is 6.28. The van der Waals surface area contributed by atoms with E-state index >= 15 is 0 Å². The average Bonchev–Trinajstić information content (AvgIpc) is 2.68. The van der Waals surface area contributed by atoms with Crippen molar-refractivity contribution in [1.82, 2.24) is 10.3 Å². The van der Waals surface area contributed by atoms with Crippen molar-refractivity contribution in [2.24, 2.45) is 0 Å². The number of pyridine rings is 1. The molecule has 32 heavy (non-hydrogen) atoms. The normalized spacial score (nSPS) is 13.9. The maximum Gasteiger partial charge on any atom is 0.344 e. The highest BCUT2D eigenvalue weighted by atomic mass is 31.2. The van der Waals surface area contributed by atoms with Crippen LogP contribution in [0.4, 0.5) is 0 Å². The maximum absolute atomic E-state index is 13.1. The molecule has 0 aliphatic heterocycles. The third kappa shape index (κ3) is 6.64. The van der Waals surface area contributed by atoms with E-state index in [0.717, 1.165) is 22.3 Å². The van der Waals surface area contributed by atoms with E-state index in [9.17, 15) is 9.67 Å². The van der Waals surface area contributed by atoms with Crippen LogP contribution >= 0.6 is 7.60 Å². The first-order chi connectivity index (χ1) is 14.8. The van der Waals surface area contributed by atoms with Crippen LogP contribution in [0.1, 0.15) is 83.7 Å². The van der Waals surface area contributed by atoms with E-state index in [-0.39, 0.29) is 23.2 Å². The van der Waals surface area contributed by atoms with Gasteiger partial charge in [0, 0.05) is 12.4 Å². The number of nitrogens with zero attached hydrogens (tertiary/aromatic N) is 1. The maximum atomic E-state index is 13.1. The zero-order chi connectivity index (χ0) is 24.2. The minimum absolute atomic E-state index is 0.0677. The number of hydrogen-bond donors (Lipinski definition) is 2. The van der Waals surface area contributed by atoms with Gasteiger partial charge in [0.25, 0.3) is 0 Å². The molecule has 1 aromatic carbocycles. The molecule has 2 rings (SSSR count). The number of phenolic OH excluding ortho intramolecular Hbond substituents is 1. The van der Waals surface area contributed by atoms with Crippen LogP contribution in [0.2, 0.25) is 0 Å². The molecule has 178 valence electrons. The van der Waals surface area contributed by atoms with Crippen molar-refractivity contribution >= 4 is 7.60 Å². The van der Waals surface area contributed by atoms with E-state index in [2.05, 4.69) is 51.8 Å². The van der Waals surface area contributed by atoms with Gasteiger partial charge in [-0.2, -0.15) is 0 Å². The average molecular weight is 463 g/mol. The van der Waals surface area contributed by atoms with Gasteiger partial charge in [-0.1, -0.05) is 41.5 Å². The summed E-state index contributed by atoms with van der Waals surface area (Å²) in [5.41, 5.74) is 3.19. The first-order valence-corrected chi connectivity index (χ1v) is 12.9. The van der Waals surface area contributed by atoms with Gasteiger partial charge in [0.15, 0.2) is 0 Å². The Bertz CT molecular complexity index is 888. The SMILES string of the molecule is CCOP(=O)(CNC(c1ccncc1)c1cc(C(C)(C)C)c(O)c(C(C)(C)C)c1)OCC. The summed E-state index contributed by atoms with van der Waals surface area (Å²) < 4.78 is 24.1. The van der Waals surface area contributed by atoms with Crippen molar-refractivity contribution in [1.29, 1.82) is 0 Å². The Hall–Kier alpha value is -1.72. The molecule has 1 heterocycles. The summed E-state index contributed by atoms with van der Waals surface area (Å²) in [4.78, 5) is 4.15. The van der Waals surface area contributed by atoms with Crippen molar-refractivity contribution < 1.29 is 18.7 Å². The fourth-order valence-corrected chi connectivity index (χ4v) is 5.13. The van der Waals surface area contributed by atoms with Gasteiger partial charge in [-0.15, -0.1) is 0 Å². The highest BCUT2D eigenvalue weighted by molar-refractivity contribution is 7.53. The van der Waals surface area contributed by atoms with E-state index in [1.807, 2.05) is 24.3 Å². The smallest absolute Gasteiger partial charge is 0.344 e. The van der Waals surface area contributed by atoms with Crippen molar-refractivity contribution in [2.75, 3.05) is 19.5 Å². The van der Waals surface area contributed by atoms with Crippen molar-refractivity contribution in [2.45, 2.75) is 72.3 Å². The van der Waals surface area contributed by atoms with Crippen molar-refractivity contribution in [3.8, 4) is 5.75 Å². The van der Waals surface area contributed by atoms with Crippen LogP contribution in [-0.4, -0.2) is 29.6 Å². The van der Waals surface area contributed by atoms with Gasteiger partial charge in [0.2, 0.25) is 0 Å². The Morgan fingerprint density at radius 2 is 1.41 bits per heavy atom. The first kappa shape index (κ1) is 26.5. The van der Waals surface area contributed by atoms with Crippen molar-refractivity contribution in [3.05, 3.63) is 58.9 Å². The number of phenols is 1. The summed E-state index contributed by atoms with van der Waals surface area (Å²) in [5, 5.41) is 14.5. The summed E-state index contributed by atoms with van der Waals surface area (Å²) in [6.07, 6.45) is 3.55. The molecule has 0 aliphatic rings. The first-order valence-electron chi connectivity index (χ1n) is 11.2. The van der Waals surface area contributed by atoms with E-state index in [1.165, 1.54) is 0 Å². The second kappa shape index (κ2) is 10.5. The molecule has 6 nitrogen and oxygen atoms in total. The lowest BCUT2D eigenvalue weighted by Gasteiger charge is -2.31. The number of aromatic nitrogens is 1. The zero-order valence-corrected chi connectivity index (χ0v) is 21.6. The second-order valence-electron chi connectivity index (χ2n) is 9.99. The van der Waals surface area contributed by atoms with E-state index in [1.54, 1.807) is 26.2 Å². The van der Waals surface area contributed by atoms with Crippen LogP contribution < -0.4 is 5.32 Å². The number of rotatable bonds is 9. The molecule has 1 unspecified atom stereocenters. The van der Waals surface area contributed by atoms with Crippen LogP contribution in [0.25, 0.3) is 0 Å². The summed E-state index contributed by atoms with van der Waals surface area (Å²) in [6, 6.07) is 7.66. The standard InChI is InChI=1S/C25H39N2O4P/c1-9-30-32(29,31-10-2)17-27-22(18-11-13-26-14-12-18)19-15-20(24(3,4)5)23(28)21(16-19)25(6,7)8/h11-16,22,27-28H,9-10,17H2,1-8H3. The fourth-order valence-electron chi connectivity index (χ4n) is 3.68. The Kier molecular flexibility index (Phi) is 8.69. The number of hydrogen-bond acceptors (Lipinski definition) is 6. The summed E-state index contributed by atoms with van der Waals surface area (Å²) in [6.45, 7) is 16.8. The lowest BCUT2D eigenvalue weighted by atomic mass is 9.77. The molecule has 0 amide bonds. The Morgan fingerprint density at radius 3 is 1.81 bits per heavy atom. The molecular formula is C25H39N2O4P. The van der Waals surface area contributed by atoms with Gasteiger partial charge in [0.1, 0.15) is 5.75 Å². The molecule has 0 spiro atoms. The van der Waals surface area contributed by atoms with E-state index < -0.39 is 7.60 Å². The zero-order valence-electron chi connectivity index (χ0n) is 20.7. The molecule has 0 fully saturated rings. The monoisotopic (exact) mass is 462 g/mol. The largest absolute Gasteiger partial charge is 0.507 e. The molecule has 0 saturated carbocycles. The second-order valence-corrected chi connectivity index (χ2v) is 12.0. The predicted molar refractivity (Wildman–Crippen MR) is 130 cm³/mol. The third-order valence-corrected chi connectivity index (χ3v) is 7.13. The Labute approximate surface area is 193 Å². The lowest BCUT2D eigenvalue weighted by molar-refractivity contribution is 0.217. The van der Waals surface area contributed by atoms with Crippen LogP contribution in [-0.2, 0) is 24.4 Å². The fraction of sp³-hybridized carbons (Fsp3) is 0.560. The number of nitrogens with one attached hydrogen (secondary N) is 1. The van der Waals surface area contributed by atoms with Gasteiger partial charge in [-0.3, -0.25) is 14.9 Å². The van der Waals surface area contributed by atoms with Gasteiger partial charge in [0.05, 0.1) is 25.5 Å². The molecule has 7 heteroatoms. The minimum Gasteiger partial charge on any atom is -0.507 e. The lowest BCUT2D eigenvalue weighted by Crippen LogP contribution is -2.26. The molecule has 0 saturated heterocycles. The van der Waals surface area contributed by atoms with Crippen LogP contribution in [0.15, 0.2) is 36.7 Å². The summed E-state index contributed by atoms with van der Waals surface area (Å²) in [5.74, 6) is 0.330. The highest BCUT2D eigenvalue weighted by Crippen LogP contribution is 2.48. The van der Waals surface area contributed by atoms with Crippen molar-refractivity contribution in [3.63, 3.8) is 0 Å². The van der Waals surface area contributed by atoms with Crippen LogP contribution in [0.3, 0.4) is 0 Å². The van der Waals surface area contributed by atoms with Gasteiger partial charge >= 0.3 is 7.60 Å². The molecule has 2 aromatic rings. The summed E-state index contributed by atoms with van der Waals surface area (Å²) >= 11 is 0. The van der Waals surface area contributed by atoms with Gasteiger partial charge < -0.3 is 14.2 Å². The number of aromatic hydroxyl groups is 1. The van der Waals surface area contributed by atoms with Crippen LogP contribution in [0, 0.1) is 0 Å². The van der Waals surface area contributed by atoms with E-state index in [4.69, 9.17) is 9.05 Å². The molecular weight excluding hydrogens is 423 g/mol. The number of benzene rings is 1. The molecule has 2 N–H and O–H groups in total. The topological polar surface area (TPSA) is 80.7 Å². The molecule has 0 radical (unpaired) electrons. The summed E-state index contributed by atoms with van der Waals surface area (Å²) in [7, 11) is -3.29. The molecule has 1 atom stereocenters. The highest BCUT2D eigenvalue weighted by Gasteiger charge is 2.30. The quantitative estimate of drug-likeness (QED) is 0.427. The van der Waals surface area contributed by atoms with E-state index in [0.29, 0.717) is 19.0 Å². The van der Waals surface area contributed by atoms with Gasteiger partial charge in [-0.05, 0) is 71.2 Å². The molecule has 1 aromatic heterocycles. The molecule has 0 bridgehead atoms. The van der Waals surface area contributed by atoms with Gasteiger partial charge in [-0.25, -0.2) is 0 Å². The Morgan fingerprint density at radius 1 is 0.938 bits per heavy atom. The Balaban J connectivity index is 2.63. The molecule has 0 aliphatic carbocycles. The van der Waals surface area contributed by atoms with Crippen LogP contribution in [0.5, 0.6) is 5.75 Å². The minimum atomic E-state index is -3.29.